The van der Waals surface area contributed by atoms with Gasteiger partial charge in [0.2, 0.25) is 5.91 Å². The first-order valence-corrected chi connectivity index (χ1v) is 12.5. The van der Waals surface area contributed by atoms with Crippen LogP contribution in [-0.4, -0.2) is 42.2 Å². The van der Waals surface area contributed by atoms with Crippen molar-refractivity contribution in [2.45, 2.75) is 19.8 Å². The number of thioether (sulfide) groups is 1. The molecule has 1 amide bonds. The van der Waals surface area contributed by atoms with Gasteiger partial charge in [-0.3, -0.25) is 9.59 Å². The summed E-state index contributed by atoms with van der Waals surface area (Å²) in [7, 11) is 1.40. The summed E-state index contributed by atoms with van der Waals surface area (Å²) < 4.78 is 10.5. The first-order valence-electron chi connectivity index (χ1n) is 11.5. The molecule has 3 rings (SSSR count). The summed E-state index contributed by atoms with van der Waals surface area (Å²) in [5.41, 5.74) is 2.34. The Morgan fingerprint density at radius 1 is 1.26 bits per heavy atom. The number of carbonyl (C=O) groups is 3. The summed E-state index contributed by atoms with van der Waals surface area (Å²) in [6.07, 6.45) is 1.44. The summed E-state index contributed by atoms with van der Waals surface area (Å²) in [5, 5.41) is 26.4. The number of methoxy groups -OCH3 is 1. The van der Waals surface area contributed by atoms with E-state index in [1.807, 2.05) is 0 Å². The van der Waals surface area contributed by atoms with Crippen molar-refractivity contribution in [1.29, 1.82) is 5.26 Å². The van der Waals surface area contributed by atoms with E-state index in [9.17, 15) is 24.8 Å². The zero-order valence-electron chi connectivity index (χ0n) is 21.2. The van der Waals surface area contributed by atoms with Crippen LogP contribution in [0, 0.1) is 11.3 Å². The minimum atomic E-state index is -0.842. The number of ketones is 1. The number of hydrogen-bond acceptors (Lipinski definition) is 9. The normalized spacial score (nSPS) is 14.7. The van der Waals surface area contributed by atoms with Crippen LogP contribution in [0.5, 0.6) is 11.5 Å². The molecule has 3 N–H and O–H groups in total. The highest BCUT2D eigenvalue weighted by molar-refractivity contribution is 8.03. The van der Waals surface area contributed by atoms with E-state index in [1.165, 1.54) is 26.2 Å². The van der Waals surface area contributed by atoms with Crippen molar-refractivity contribution in [1.82, 2.24) is 5.32 Å². The first kappa shape index (κ1) is 28.1. The van der Waals surface area contributed by atoms with Crippen molar-refractivity contribution in [2.24, 2.45) is 0 Å². The molecule has 0 saturated carbocycles. The Morgan fingerprint density at radius 3 is 2.68 bits per heavy atom. The molecule has 1 heterocycles. The number of esters is 1. The third kappa shape index (κ3) is 6.44. The van der Waals surface area contributed by atoms with Gasteiger partial charge in [0.1, 0.15) is 6.61 Å². The fourth-order valence-corrected chi connectivity index (χ4v) is 4.76. The zero-order valence-corrected chi connectivity index (χ0v) is 22.0. The minimum Gasteiger partial charge on any atom is -0.504 e. The van der Waals surface area contributed by atoms with Crippen molar-refractivity contribution < 1.29 is 29.0 Å². The number of phenols is 1. The number of ether oxygens (including phenoxy) is 2. The van der Waals surface area contributed by atoms with Gasteiger partial charge < -0.3 is 25.2 Å². The molecule has 0 radical (unpaired) electrons. The van der Waals surface area contributed by atoms with Gasteiger partial charge in [0, 0.05) is 16.9 Å². The molecule has 1 aliphatic heterocycles. The second-order valence-corrected chi connectivity index (χ2v) is 9.23. The number of dihydropyridines is 1. The smallest absolute Gasteiger partial charge is 0.337 e. The topological polar surface area (TPSA) is 138 Å². The molecule has 0 aliphatic carbocycles. The molecule has 10 heteroatoms. The van der Waals surface area contributed by atoms with Gasteiger partial charge in [-0.05, 0) is 43.7 Å². The Labute approximate surface area is 224 Å². The molecule has 1 unspecified atom stereocenters. The van der Waals surface area contributed by atoms with Gasteiger partial charge in [-0.2, -0.15) is 5.26 Å². The molecule has 1 atom stereocenters. The van der Waals surface area contributed by atoms with Crippen LogP contribution in [0.3, 0.4) is 0 Å². The Morgan fingerprint density at radius 2 is 2.03 bits per heavy atom. The number of phenolic OH excluding ortho intramolecular Hbond substituents is 1. The van der Waals surface area contributed by atoms with Gasteiger partial charge in [0.15, 0.2) is 17.3 Å². The standard InChI is InChI=1S/C28H27N3O6S/c1-5-11-37-28(35)25-16(2)30-27(21(14-29)26(25)19-9-10-22(33)23(13-19)36-4)38-15-24(34)31-20-8-6-7-18(12-20)17(3)32/h5-10,12-13,26,30,33H,1,11,15H2,2-4H3,(H,31,34). The molecule has 0 bridgehead atoms. The highest BCUT2D eigenvalue weighted by atomic mass is 32.2. The van der Waals surface area contributed by atoms with Crippen molar-refractivity contribution in [2.75, 3.05) is 24.8 Å². The van der Waals surface area contributed by atoms with Crippen molar-refractivity contribution in [3.63, 3.8) is 0 Å². The molecule has 196 valence electrons. The lowest BCUT2D eigenvalue weighted by molar-refractivity contribution is -0.138. The van der Waals surface area contributed by atoms with Gasteiger partial charge in [0.25, 0.3) is 0 Å². The summed E-state index contributed by atoms with van der Waals surface area (Å²) in [5.74, 6) is -1.90. The third-order valence-electron chi connectivity index (χ3n) is 5.64. The fraction of sp³-hybridized carbons (Fsp3) is 0.214. The number of Topliss-reactive ketones (excluding diaryl/α,β-unsaturated/α-hetero) is 1. The number of carbonyl (C=O) groups excluding carboxylic acids is 3. The maximum Gasteiger partial charge on any atom is 0.337 e. The Hall–Kier alpha value is -4.49. The molecule has 0 spiro atoms. The lowest BCUT2D eigenvalue weighted by Crippen LogP contribution is -2.29. The highest BCUT2D eigenvalue weighted by Crippen LogP contribution is 2.43. The van der Waals surface area contributed by atoms with Gasteiger partial charge in [-0.15, -0.1) is 0 Å². The number of nitrogens with one attached hydrogen (secondary N) is 2. The SMILES string of the molecule is C=CCOC(=O)C1=C(C)NC(SCC(=O)Nc2cccc(C(C)=O)c2)=C(C#N)C1c1ccc(O)c(OC)c1. The molecule has 0 saturated heterocycles. The lowest BCUT2D eigenvalue weighted by atomic mass is 9.82. The number of allylic oxidation sites excluding steroid dienone is 2. The molecule has 2 aromatic carbocycles. The average molecular weight is 534 g/mol. The quantitative estimate of drug-likeness (QED) is 0.230. The van der Waals surface area contributed by atoms with Gasteiger partial charge in [0.05, 0.1) is 41.0 Å². The molecule has 38 heavy (non-hydrogen) atoms. The monoisotopic (exact) mass is 533 g/mol. The Balaban J connectivity index is 1.93. The molecular formula is C28H27N3O6S. The van der Waals surface area contributed by atoms with E-state index in [0.29, 0.717) is 27.5 Å². The van der Waals surface area contributed by atoms with Crippen molar-refractivity contribution in [3.05, 3.63) is 88.1 Å². The fourth-order valence-electron chi connectivity index (χ4n) is 3.87. The second kappa shape index (κ2) is 12.7. The van der Waals surface area contributed by atoms with E-state index < -0.39 is 11.9 Å². The van der Waals surface area contributed by atoms with Gasteiger partial charge >= 0.3 is 5.97 Å². The highest BCUT2D eigenvalue weighted by Gasteiger charge is 2.36. The van der Waals surface area contributed by atoms with E-state index in [4.69, 9.17) is 9.47 Å². The third-order valence-corrected chi connectivity index (χ3v) is 6.65. The van der Waals surface area contributed by atoms with Crippen LogP contribution < -0.4 is 15.4 Å². The lowest BCUT2D eigenvalue weighted by Gasteiger charge is -2.29. The number of nitrogens with zero attached hydrogens (tertiary/aromatic N) is 1. The van der Waals surface area contributed by atoms with Gasteiger partial charge in [-0.25, -0.2) is 4.79 Å². The number of anilines is 1. The van der Waals surface area contributed by atoms with Crippen LogP contribution in [0.25, 0.3) is 0 Å². The Kier molecular flexibility index (Phi) is 9.35. The van der Waals surface area contributed by atoms with Crippen LogP contribution in [0.2, 0.25) is 0 Å². The second-order valence-electron chi connectivity index (χ2n) is 8.24. The number of nitriles is 1. The summed E-state index contributed by atoms with van der Waals surface area (Å²) >= 11 is 1.10. The molecule has 9 nitrogen and oxygen atoms in total. The summed E-state index contributed by atoms with van der Waals surface area (Å²) in [4.78, 5) is 37.3. The molecule has 2 aromatic rings. The summed E-state index contributed by atoms with van der Waals surface area (Å²) in [6.45, 7) is 6.67. The first-order chi connectivity index (χ1) is 18.2. The van der Waals surface area contributed by atoms with E-state index in [2.05, 4.69) is 23.3 Å². The van der Waals surface area contributed by atoms with E-state index in [-0.39, 0.29) is 46.7 Å². The van der Waals surface area contributed by atoms with Crippen molar-refractivity contribution in [3.8, 4) is 17.6 Å². The van der Waals surface area contributed by atoms with E-state index in [0.717, 1.165) is 11.8 Å². The molecule has 0 aromatic heterocycles. The average Bonchev–Trinajstić information content (AvgIpc) is 2.90. The van der Waals surface area contributed by atoms with Gasteiger partial charge in [-0.1, -0.05) is 42.6 Å². The maximum absolute atomic E-state index is 13.0. The largest absolute Gasteiger partial charge is 0.504 e. The zero-order chi connectivity index (χ0) is 27.8. The van der Waals surface area contributed by atoms with Crippen LogP contribution in [-0.2, 0) is 14.3 Å². The van der Waals surface area contributed by atoms with E-state index >= 15 is 0 Å². The predicted molar refractivity (Wildman–Crippen MR) is 145 cm³/mol. The van der Waals surface area contributed by atoms with Crippen LogP contribution in [0.4, 0.5) is 5.69 Å². The number of rotatable bonds is 10. The predicted octanol–water partition coefficient (Wildman–Crippen LogP) is 4.40. The Bertz CT molecular complexity index is 1390. The minimum absolute atomic E-state index is 0.0144. The van der Waals surface area contributed by atoms with Crippen LogP contribution >= 0.6 is 11.8 Å². The number of benzene rings is 2. The van der Waals surface area contributed by atoms with E-state index in [1.54, 1.807) is 43.3 Å². The molecule has 0 fully saturated rings. The van der Waals surface area contributed by atoms with Crippen LogP contribution in [0.1, 0.15) is 35.7 Å². The molecule has 1 aliphatic rings. The number of aromatic hydroxyl groups is 1. The summed E-state index contributed by atoms with van der Waals surface area (Å²) in [6, 6.07) is 13.3. The number of amides is 1. The number of hydrogen-bond donors (Lipinski definition) is 3. The van der Waals surface area contributed by atoms with Crippen LogP contribution in [0.15, 0.2) is 77.0 Å². The van der Waals surface area contributed by atoms with Crippen molar-refractivity contribution >= 4 is 35.1 Å². The maximum atomic E-state index is 13.0. The molecular weight excluding hydrogens is 506 g/mol.